The zero-order chi connectivity index (χ0) is 23.1. The number of aromatic nitrogens is 1. The predicted octanol–water partition coefficient (Wildman–Crippen LogP) is 4.69. The number of oxazole rings is 1. The van der Waals surface area contributed by atoms with Crippen LogP contribution in [0, 0.1) is 6.92 Å². The van der Waals surface area contributed by atoms with E-state index in [9.17, 15) is 14.4 Å². The molecule has 0 saturated carbocycles. The van der Waals surface area contributed by atoms with Crippen molar-refractivity contribution in [2.24, 2.45) is 0 Å². The van der Waals surface area contributed by atoms with Gasteiger partial charge in [0.05, 0.1) is 18.3 Å². The van der Waals surface area contributed by atoms with Crippen molar-refractivity contribution in [3.8, 4) is 11.3 Å². The first-order valence-corrected chi connectivity index (χ1v) is 11.2. The fourth-order valence-electron chi connectivity index (χ4n) is 2.96. The number of nitrogens with one attached hydrogen (secondary N) is 1. The molecule has 1 amide bonds. The number of amides is 1. The van der Waals surface area contributed by atoms with Gasteiger partial charge >= 0.3 is 5.97 Å². The van der Waals surface area contributed by atoms with Gasteiger partial charge in [0.2, 0.25) is 5.91 Å². The SMILES string of the molecule is CSc1ccc(C(=O)COC(=O)CCc2ncc(-c3ccc(C)cc3)o2)cc1NC(C)=O. The molecule has 0 saturated heterocycles. The largest absolute Gasteiger partial charge is 0.457 e. The maximum Gasteiger partial charge on any atom is 0.306 e. The summed E-state index contributed by atoms with van der Waals surface area (Å²) >= 11 is 1.46. The summed E-state index contributed by atoms with van der Waals surface area (Å²) in [5.74, 6) is -0.0382. The van der Waals surface area contributed by atoms with E-state index in [1.807, 2.05) is 37.4 Å². The van der Waals surface area contributed by atoms with Crippen molar-refractivity contribution in [2.75, 3.05) is 18.2 Å². The van der Waals surface area contributed by atoms with E-state index < -0.39 is 5.97 Å². The number of benzene rings is 2. The Morgan fingerprint density at radius 2 is 1.88 bits per heavy atom. The molecule has 0 aliphatic heterocycles. The molecule has 0 spiro atoms. The molecule has 2 aromatic carbocycles. The Hall–Kier alpha value is -3.39. The van der Waals surface area contributed by atoms with Crippen LogP contribution in [0.5, 0.6) is 0 Å². The van der Waals surface area contributed by atoms with E-state index in [1.165, 1.54) is 18.7 Å². The fraction of sp³-hybridized carbons (Fsp3) is 0.250. The number of carbonyl (C=O) groups excluding carboxylic acids is 3. The summed E-state index contributed by atoms with van der Waals surface area (Å²) in [6, 6.07) is 12.8. The first-order valence-electron chi connectivity index (χ1n) is 10.0. The number of aryl methyl sites for hydroxylation is 2. The molecule has 0 radical (unpaired) electrons. The van der Waals surface area contributed by atoms with Crippen LogP contribution in [-0.2, 0) is 20.7 Å². The van der Waals surface area contributed by atoms with Crippen LogP contribution in [0.3, 0.4) is 0 Å². The highest BCUT2D eigenvalue weighted by Crippen LogP contribution is 2.27. The molecule has 0 aliphatic rings. The first kappa shape index (κ1) is 23.3. The lowest BCUT2D eigenvalue weighted by molar-refractivity contribution is -0.142. The van der Waals surface area contributed by atoms with E-state index in [0.717, 1.165) is 16.0 Å². The van der Waals surface area contributed by atoms with Crippen LogP contribution in [0.2, 0.25) is 0 Å². The van der Waals surface area contributed by atoms with Crippen LogP contribution in [0.4, 0.5) is 5.69 Å². The molecule has 3 rings (SSSR count). The van der Waals surface area contributed by atoms with Gasteiger partial charge in [-0.1, -0.05) is 35.9 Å². The average molecular weight is 453 g/mol. The summed E-state index contributed by atoms with van der Waals surface area (Å²) in [5.41, 5.74) is 2.97. The lowest BCUT2D eigenvalue weighted by atomic mass is 10.1. The Morgan fingerprint density at radius 3 is 2.56 bits per heavy atom. The van der Waals surface area contributed by atoms with E-state index >= 15 is 0 Å². The van der Waals surface area contributed by atoms with Gasteiger partial charge in [-0.2, -0.15) is 0 Å². The number of hydrogen-bond donors (Lipinski definition) is 1. The number of ketones is 1. The highest BCUT2D eigenvalue weighted by Gasteiger charge is 2.14. The van der Waals surface area contributed by atoms with Crippen molar-refractivity contribution >= 4 is 35.1 Å². The van der Waals surface area contributed by atoms with E-state index in [-0.39, 0.29) is 31.1 Å². The van der Waals surface area contributed by atoms with Crippen molar-refractivity contribution in [1.29, 1.82) is 0 Å². The van der Waals surface area contributed by atoms with Gasteiger partial charge in [-0.3, -0.25) is 14.4 Å². The summed E-state index contributed by atoms with van der Waals surface area (Å²) in [6.07, 6.45) is 3.82. The van der Waals surface area contributed by atoms with Gasteiger partial charge < -0.3 is 14.5 Å². The quantitative estimate of drug-likeness (QED) is 0.286. The highest BCUT2D eigenvalue weighted by molar-refractivity contribution is 7.98. The van der Waals surface area contributed by atoms with Crippen LogP contribution in [0.1, 0.15) is 35.2 Å². The maximum absolute atomic E-state index is 12.4. The highest BCUT2D eigenvalue weighted by atomic mass is 32.2. The van der Waals surface area contributed by atoms with Crippen molar-refractivity contribution in [1.82, 2.24) is 4.98 Å². The van der Waals surface area contributed by atoms with Gasteiger partial charge in [-0.25, -0.2) is 4.98 Å². The summed E-state index contributed by atoms with van der Waals surface area (Å²) in [6.45, 7) is 3.03. The van der Waals surface area contributed by atoms with E-state index in [1.54, 1.807) is 24.4 Å². The molecule has 1 N–H and O–H groups in total. The fourth-order valence-corrected chi connectivity index (χ4v) is 3.49. The summed E-state index contributed by atoms with van der Waals surface area (Å²) in [7, 11) is 0. The Balaban J connectivity index is 1.51. The summed E-state index contributed by atoms with van der Waals surface area (Å²) in [5, 5.41) is 2.70. The third-order valence-corrected chi connectivity index (χ3v) is 5.42. The van der Waals surface area contributed by atoms with Crippen LogP contribution in [-0.4, -0.2) is 35.5 Å². The van der Waals surface area contributed by atoms with Gasteiger partial charge in [0, 0.05) is 29.4 Å². The van der Waals surface area contributed by atoms with Crippen molar-refractivity contribution < 1.29 is 23.5 Å². The molecule has 0 bridgehead atoms. The minimum Gasteiger partial charge on any atom is -0.457 e. The number of anilines is 1. The Kier molecular flexibility index (Phi) is 7.83. The molecular formula is C24H24N2O5S. The number of carbonyl (C=O) groups is 3. The van der Waals surface area contributed by atoms with Crippen molar-refractivity contribution in [2.45, 2.75) is 31.6 Å². The van der Waals surface area contributed by atoms with Crippen LogP contribution in [0.25, 0.3) is 11.3 Å². The van der Waals surface area contributed by atoms with E-state index in [4.69, 9.17) is 9.15 Å². The average Bonchev–Trinajstić information content (AvgIpc) is 3.25. The molecule has 1 aromatic heterocycles. The lowest BCUT2D eigenvalue weighted by Crippen LogP contribution is -2.15. The number of thioether (sulfide) groups is 1. The Bertz CT molecular complexity index is 1120. The van der Waals surface area contributed by atoms with Gasteiger partial charge in [0.1, 0.15) is 0 Å². The van der Waals surface area contributed by atoms with E-state index in [2.05, 4.69) is 10.3 Å². The third kappa shape index (κ3) is 6.31. The smallest absolute Gasteiger partial charge is 0.306 e. The van der Waals surface area contributed by atoms with Crippen LogP contribution >= 0.6 is 11.8 Å². The molecular weight excluding hydrogens is 428 g/mol. The number of rotatable bonds is 9. The van der Waals surface area contributed by atoms with Gasteiger partial charge in [0.15, 0.2) is 24.0 Å². The molecule has 7 nitrogen and oxygen atoms in total. The molecule has 3 aromatic rings. The van der Waals surface area contributed by atoms with Crippen molar-refractivity contribution in [3.05, 3.63) is 65.7 Å². The molecule has 0 fully saturated rings. The number of ether oxygens (including phenoxy) is 1. The van der Waals surface area contributed by atoms with Gasteiger partial charge in [-0.15, -0.1) is 11.8 Å². The molecule has 0 aliphatic carbocycles. The standard InChI is InChI=1S/C24H24N2O5S/c1-15-4-6-17(7-5-15)21-13-25-23(31-21)10-11-24(29)30-14-20(28)18-8-9-22(32-3)19(12-18)26-16(2)27/h4-9,12-13H,10-11,14H2,1-3H3,(H,26,27). The second-order valence-electron chi connectivity index (χ2n) is 7.16. The monoisotopic (exact) mass is 452 g/mol. The maximum atomic E-state index is 12.4. The predicted molar refractivity (Wildman–Crippen MR) is 123 cm³/mol. The Labute approximate surface area is 190 Å². The number of nitrogens with zero attached hydrogens (tertiary/aromatic N) is 1. The number of hydrogen-bond acceptors (Lipinski definition) is 7. The zero-order valence-electron chi connectivity index (χ0n) is 18.1. The lowest BCUT2D eigenvalue weighted by Gasteiger charge is -2.10. The molecule has 0 unspecified atom stereocenters. The van der Waals surface area contributed by atoms with Crippen LogP contribution < -0.4 is 5.32 Å². The van der Waals surface area contributed by atoms with Gasteiger partial charge in [0.25, 0.3) is 0 Å². The second-order valence-corrected chi connectivity index (χ2v) is 8.01. The molecule has 166 valence electrons. The summed E-state index contributed by atoms with van der Waals surface area (Å²) in [4.78, 5) is 40.9. The van der Waals surface area contributed by atoms with Crippen molar-refractivity contribution in [3.63, 3.8) is 0 Å². The molecule has 0 atom stereocenters. The topological polar surface area (TPSA) is 98.5 Å². The minimum atomic E-state index is -0.517. The molecule has 32 heavy (non-hydrogen) atoms. The third-order valence-electron chi connectivity index (χ3n) is 4.63. The number of Topliss-reactive ketones (excluding diaryl/α,β-unsaturated/α-hetero) is 1. The van der Waals surface area contributed by atoms with Crippen LogP contribution in [0.15, 0.2) is 58.0 Å². The first-order chi connectivity index (χ1) is 15.4. The molecule has 8 heteroatoms. The van der Waals surface area contributed by atoms with E-state index in [0.29, 0.717) is 22.9 Å². The molecule has 1 heterocycles. The zero-order valence-corrected chi connectivity index (χ0v) is 19.0. The normalized spacial score (nSPS) is 10.6. The Morgan fingerprint density at radius 1 is 1.12 bits per heavy atom. The summed E-state index contributed by atoms with van der Waals surface area (Å²) < 4.78 is 10.8. The van der Waals surface area contributed by atoms with Gasteiger partial charge in [-0.05, 0) is 25.3 Å². The minimum absolute atomic E-state index is 0.0453. The second kappa shape index (κ2) is 10.8. The number of esters is 1.